The van der Waals surface area contributed by atoms with Gasteiger partial charge in [0.2, 0.25) is 5.75 Å². The molecule has 0 heterocycles. The van der Waals surface area contributed by atoms with Gasteiger partial charge < -0.3 is 25.1 Å². The Balaban J connectivity index is 2.33. The monoisotopic (exact) mass is 331 g/mol. The second kappa shape index (κ2) is 7.70. The second-order valence-electron chi connectivity index (χ2n) is 5.26. The fourth-order valence-electron chi connectivity index (χ4n) is 2.42. The lowest BCUT2D eigenvalue weighted by Crippen LogP contribution is -2.32. The van der Waals surface area contributed by atoms with Crippen molar-refractivity contribution in [2.75, 3.05) is 21.3 Å². The average molecular weight is 331 g/mol. The number of carboxylic acids is 1. The number of methoxy groups -OCH3 is 3. The highest BCUT2D eigenvalue weighted by Crippen LogP contribution is 2.41. The lowest BCUT2D eigenvalue weighted by atomic mass is 10.00. The van der Waals surface area contributed by atoms with Crippen molar-refractivity contribution in [1.82, 2.24) is 0 Å². The second-order valence-corrected chi connectivity index (χ2v) is 5.26. The Morgan fingerprint density at radius 3 is 1.96 bits per heavy atom. The summed E-state index contributed by atoms with van der Waals surface area (Å²) in [5, 5.41) is 8.88. The van der Waals surface area contributed by atoms with Crippen LogP contribution in [0.15, 0.2) is 36.4 Å². The highest BCUT2D eigenvalue weighted by molar-refractivity contribution is 5.74. The van der Waals surface area contributed by atoms with Gasteiger partial charge in [-0.2, -0.15) is 0 Å². The molecule has 3 N–H and O–H groups in total. The van der Waals surface area contributed by atoms with Crippen molar-refractivity contribution >= 4 is 5.97 Å². The van der Waals surface area contributed by atoms with Crippen LogP contribution < -0.4 is 19.9 Å². The van der Waals surface area contributed by atoms with E-state index in [1.54, 1.807) is 21.3 Å². The van der Waals surface area contributed by atoms with E-state index < -0.39 is 12.0 Å². The van der Waals surface area contributed by atoms with Gasteiger partial charge in [-0.3, -0.25) is 4.79 Å². The summed E-state index contributed by atoms with van der Waals surface area (Å²) in [6.45, 7) is 0. The van der Waals surface area contributed by atoms with Crippen LogP contribution in [0.3, 0.4) is 0 Å². The molecule has 2 aromatic carbocycles. The van der Waals surface area contributed by atoms with Gasteiger partial charge in [0.25, 0.3) is 0 Å². The van der Waals surface area contributed by atoms with Crippen LogP contribution in [0.5, 0.6) is 17.2 Å². The number of benzene rings is 2. The third kappa shape index (κ3) is 3.78. The summed E-state index contributed by atoms with van der Waals surface area (Å²) in [5.41, 5.74) is 8.27. The molecule has 0 aliphatic rings. The first-order chi connectivity index (χ1) is 11.5. The predicted molar refractivity (Wildman–Crippen MR) is 90.8 cm³/mol. The van der Waals surface area contributed by atoms with E-state index in [9.17, 15) is 4.79 Å². The van der Waals surface area contributed by atoms with E-state index >= 15 is 0 Å². The third-order valence-electron chi connectivity index (χ3n) is 3.72. The topological polar surface area (TPSA) is 91.0 Å². The first-order valence-corrected chi connectivity index (χ1v) is 7.37. The van der Waals surface area contributed by atoms with Crippen molar-refractivity contribution < 1.29 is 24.1 Å². The minimum absolute atomic E-state index is 0.283. The van der Waals surface area contributed by atoms with Gasteiger partial charge in [0.15, 0.2) is 11.5 Å². The van der Waals surface area contributed by atoms with Crippen LogP contribution in [-0.2, 0) is 11.2 Å². The minimum Gasteiger partial charge on any atom is -0.493 e. The van der Waals surface area contributed by atoms with E-state index in [1.165, 1.54) is 0 Å². The lowest BCUT2D eigenvalue weighted by Gasteiger charge is -2.14. The molecular formula is C18H21NO5. The van der Waals surface area contributed by atoms with Crippen molar-refractivity contribution in [3.63, 3.8) is 0 Å². The molecule has 0 saturated carbocycles. The van der Waals surface area contributed by atoms with Gasteiger partial charge in [0.05, 0.1) is 21.3 Å². The molecule has 6 nitrogen and oxygen atoms in total. The summed E-state index contributed by atoms with van der Waals surface area (Å²) in [5.74, 6) is 0.671. The molecule has 2 rings (SSSR count). The molecule has 0 spiro atoms. The maximum Gasteiger partial charge on any atom is 0.320 e. The number of hydrogen-bond acceptors (Lipinski definition) is 5. The average Bonchev–Trinajstić information content (AvgIpc) is 2.60. The predicted octanol–water partition coefficient (Wildman–Crippen LogP) is 2.33. The molecule has 0 aliphatic carbocycles. The van der Waals surface area contributed by atoms with E-state index in [0.29, 0.717) is 17.2 Å². The molecule has 6 heteroatoms. The highest BCUT2D eigenvalue weighted by atomic mass is 16.5. The van der Waals surface area contributed by atoms with Crippen LogP contribution in [0, 0.1) is 0 Å². The zero-order valence-electron chi connectivity index (χ0n) is 13.9. The van der Waals surface area contributed by atoms with Crippen molar-refractivity contribution in [2.24, 2.45) is 5.73 Å². The van der Waals surface area contributed by atoms with Crippen LogP contribution in [0.4, 0.5) is 0 Å². The summed E-state index contributed by atoms with van der Waals surface area (Å²) in [7, 11) is 4.69. The SMILES string of the molecule is COc1cc(-c2ccc(CC(N)C(=O)O)cc2)cc(OC)c1OC. The molecule has 1 atom stereocenters. The maximum atomic E-state index is 10.8. The Morgan fingerprint density at radius 2 is 1.54 bits per heavy atom. The first kappa shape index (κ1) is 17.6. The van der Waals surface area contributed by atoms with Crippen LogP contribution in [0.2, 0.25) is 0 Å². The van der Waals surface area contributed by atoms with E-state index in [-0.39, 0.29) is 6.42 Å². The smallest absolute Gasteiger partial charge is 0.320 e. The molecule has 2 aromatic rings. The fraction of sp³-hybridized carbons (Fsp3) is 0.278. The van der Waals surface area contributed by atoms with Gasteiger partial charge in [-0.1, -0.05) is 24.3 Å². The van der Waals surface area contributed by atoms with Gasteiger partial charge in [-0.05, 0) is 35.2 Å². The molecule has 0 radical (unpaired) electrons. The van der Waals surface area contributed by atoms with Gasteiger partial charge >= 0.3 is 5.97 Å². The Hall–Kier alpha value is -2.73. The molecular weight excluding hydrogens is 310 g/mol. The molecule has 128 valence electrons. The summed E-state index contributed by atoms with van der Waals surface area (Å²) in [6, 6.07) is 10.4. The van der Waals surface area contributed by atoms with Crippen molar-refractivity contribution in [3.8, 4) is 28.4 Å². The van der Waals surface area contributed by atoms with Crippen molar-refractivity contribution in [3.05, 3.63) is 42.0 Å². The lowest BCUT2D eigenvalue weighted by molar-refractivity contribution is -0.138. The number of hydrogen-bond donors (Lipinski definition) is 2. The van der Waals surface area contributed by atoms with E-state index in [4.69, 9.17) is 25.1 Å². The van der Waals surface area contributed by atoms with E-state index in [0.717, 1.165) is 16.7 Å². The zero-order valence-corrected chi connectivity index (χ0v) is 13.9. The van der Waals surface area contributed by atoms with Crippen LogP contribution in [-0.4, -0.2) is 38.4 Å². The molecule has 1 unspecified atom stereocenters. The number of nitrogens with two attached hydrogens (primary N) is 1. The minimum atomic E-state index is -1.01. The molecule has 0 amide bonds. The number of rotatable bonds is 7. The quantitative estimate of drug-likeness (QED) is 0.809. The first-order valence-electron chi connectivity index (χ1n) is 7.37. The van der Waals surface area contributed by atoms with Gasteiger partial charge in [-0.25, -0.2) is 0 Å². The summed E-state index contributed by atoms with van der Waals surface area (Å²) in [6.07, 6.45) is 0.283. The fourth-order valence-corrected chi connectivity index (χ4v) is 2.42. The molecule has 0 aromatic heterocycles. The van der Waals surface area contributed by atoms with Gasteiger partial charge in [0, 0.05) is 0 Å². The number of aliphatic carboxylic acids is 1. The Bertz CT molecular complexity index is 687. The number of carboxylic acid groups (broad SMARTS) is 1. The molecule has 24 heavy (non-hydrogen) atoms. The number of carbonyl (C=O) groups is 1. The van der Waals surface area contributed by atoms with Crippen molar-refractivity contribution in [2.45, 2.75) is 12.5 Å². The Morgan fingerprint density at radius 1 is 1.00 bits per heavy atom. The van der Waals surface area contributed by atoms with E-state index in [2.05, 4.69) is 0 Å². The summed E-state index contributed by atoms with van der Waals surface area (Å²) in [4.78, 5) is 10.8. The Labute approximate surface area is 140 Å². The Kier molecular flexibility index (Phi) is 5.65. The van der Waals surface area contributed by atoms with Crippen molar-refractivity contribution in [1.29, 1.82) is 0 Å². The van der Waals surface area contributed by atoms with Gasteiger partial charge in [0.1, 0.15) is 6.04 Å². The highest BCUT2D eigenvalue weighted by Gasteiger charge is 2.15. The normalized spacial score (nSPS) is 11.7. The molecule has 0 saturated heterocycles. The molecule has 0 fully saturated rings. The van der Waals surface area contributed by atoms with E-state index in [1.807, 2.05) is 36.4 Å². The molecule has 0 aliphatic heterocycles. The standard InChI is InChI=1S/C18H21NO5/c1-22-15-9-13(10-16(23-2)17(15)24-3)12-6-4-11(5-7-12)8-14(19)18(20)21/h4-7,9-10,14H,8,19H2,1-3H3,(H,20,21). The summed E-state index contributed by atoms with van der Waals surface area (Å²) >= 11 is 0. The zero-order chi connectivity index (χ0) is 17.7. The van der Waals surface area contributed by atoms with Crippen LogP contribution in [0.1, 0.15) is 5.56 Å². The largest absolute Gasteiger partial charge is 0.493 e. The molecule has 0 bridgehead atoms. The number of ether oxygens (including phenoxy) is 3. The summed E-state index contributed by atoms with van der Waals surface area (Å²) < 4.78 is 16.0. The van der Waals surface area contributed by atoms with Crippen LogP contribution in [0.25, 0.3) is 11.1 Å². The third-order valence-corrected chi connectivity index (χ3v) is 3.72. The maximum absolute atomic E-state index is 10.8. The van der Waals surface area contributed by atoms with Gasteiger partial charge in [-0.15, -0.1) is 0 Å². The van der Waals surface area contributed by atoms with Crippen LogP contribution >= 0.6 is 0 Å².